The monoisotopic (exact) mass is 313 g/mol. The second-order valence-corrected chi connectivity index (χ2v) is 5.35. The van der Waals surface area contributed by atoms with Gasteiger partial charge in [0.05, 0.1) is 11.3 Å². The Balaban J connectivity index is 2.33. The molecule has 1 aromatic carbocycles. The van der Waals surface area contributed by atoms with E-state index < -0.39 is 28.3 Å². The van der Waals surface area contributed by atoms with Gasteiger partial charge in [-0.1, -0.05) is 12.1 Å². The molecule has 0 spiro atoms. The number of aromatic nitrogens is 1. The molecule has 0 bridgehead atoms. The molecule has 21 heavy (non-hydrogen) atoms. The van der Waals surface area contributed by atoms with Crippen LogP contribution in [0.2, 0.25) is 0 Å². The van der Waals surface area contributed by atoms with Crippen molar-refractivity contribution < 1.29 is 27.1 Å². The zero-order valence-electron chi connectivity index (χ0n) is 10.8. The molecule has 2 rings (SSSR count). The van der Waals surface area contributed by atoms with Crippen molar-refractivity contribution in [3.63, 3.8) is 0 Å². The maximum atomic E-state index is 13.6. The van der Waals surface area contributed by atoms with Crippen molar-refractivity contribution in [2.45, 2.75) is 12.8 Å². The fourth-order valence-electron chi connectivity index (χ4n) is 1.81. The van der Waals surface area contributed by atoms with Crippen LogP contribution in [0.1, 0.15) is 22.7 Å². The van der Waals surface area contributed by atoms with Gasteiger partial charge in [0.25, 0.3) is 0 Å². The average molecular weight is 313 g/mol. The Hall–Kier alpha value is -2.22. The predicted octanol–water partition coefficient (Wildman–Crippen LogP) is 1.72. The molecule has 112 valence electrons. The van der Waals surface area contributed by atoms with Gasteiger partial charge in [-0.2, -0.15) is 0 Å². The molecule has 0 saturated heterocycles. The summed E-state index contributed by atoms with van der Waals surface area (Å²) in [4.78, 5) is 15.1. The smallest absolute Gasteiger partial charge is 0.373 e. The van der Waals surface area contributed by atoms with Crippen LogP contribution < -0.4 is 0 Å². The Labute approximate surface area is 121 Å². The van der Waals surface area contributed by atoms with Gasteiger partial charge in [0, 0.05) is 5.75 Å². The Morgan fingerprint density at radius 1 is 1.33 bits per heavy atom. The van der Waals surface area contributed by atoms with Crippen LogP contribution in [0.5, 0.6) is 0 Å². The summed E-state index contributed by atoms with van der Waals surface area (Å²) in [5.41, 5.74) is 0.166. The number of aryl methyl sites for hydroxylation is 1. The number of carboxylic acid groups (broad SMARTS) is 1. The number of carbonyl (C=O) groups is 1. The van der Waals surface area contributed by atoms with Crippen LogP contribution in [0.15, 0.2) is 28.7 Å². The van der Waals surface area contributed by atoms with Crippen LogP contribution in [0.4, 0.5) is 4.39 Å². The van der Waals surface area contributed by atoms with Crippen LogP contribution in [0.25, 0.3) is 11.5 Å². The Bertz CT molecular complexity index is 730. The summed E-state index contributed by atoms with van der Waals surface area (Å²) in [6.45, 7) is 0. The van der Waals surface area contributed by atoms with Crippen molar-refractivity contribution in [2.75, 3.05) is 5.75 Å². The van der Waals surface area contributed by atoms with Gasteiger partial charge < -0.3 is 9.52 Å². The zero-order valence-corrected chi connectivity index (χ0v) is 11.7. The predicted molar refractivity (Wildman–Crippen MR) is 72.4 cm³/mol. The maximum Gasteiger partial charge on any atom is 0.373 e. The lowest BCUT2D eigenvalue weighted by atomic mass is 10.2. The van der Waals surface area contributed by atoms with Crippen LogP contribution in [0, 0.1) is 5.82 Å². The first-order valence-electron chi connectivity index (χ1n) is 6.08. The Kier molecular flexibility index (Phi) is 4.69. The molecule has 0 amide bonds. The molecule has 0 aliphatic heterocycles. The SMILES string of the molecule is O=C(O)c1oc(-c2ccccc2F)nc1CCC[SH](=O)=O. The number of benzene rings is 1. The number of hydrogen-bond donors (Lipinski definition) is 2. The second kappa shape index (κ2) is 6.49. The van der Waals surface area contributed by atoms with E-state index in [0.29, 0.717) is 0 Å². The molecule has 2 aromatic rings. The van der Waals surface area contributed by atoms with E-state index in [1.807, 2.05) is 0 Å². The highest BCUT2D eigenvalue weighted by Crippen LogP contribution is 2.25. The van der Waals surface area contributed by atoms with Crippen molar-refractivity contribution >= 4 is 16.7 Å². The number of nitrogens with zero attached hydrogens (tertiary/aromatic N) is 1. The minimum absolute atomic E-state index is 0.0566. The molecule has 0 atom stereocenters. The van der Waals surface area contributed by atoms with E-state index in [1.165, 1.54) is 18.2 Å². The highest BCUT2D eigenvalue weighted by molar-refractivity contribution is 7.72. The molecule has 1 heterocycles. The lowest BCUT2D eigenvalue weighted by Crippen LogP contribution is -2.01. The number of carboxylic acids is 1. The largest absolute Gasteiger partial charge is 0.475 e. The standard InChI is InChI=1S/C13H12FNO5S/c14-9-5-2-1-4-8(9)12-15-10(6-3-7-21(18)19)11(20-12)13(16)17/h1-2,4-5,21H,3,6-7H2,(H,16,17). The zero-order chi connectivity index (χ0) is 15.4. The third-order valence-electron chi connectivity index (χ3n) is 2.75. The summed E-state index contributed by atoms with van der Waals surface area (Å²) >= 11 is 0. The van der Waals surface area contributed by atoms with Crippen molar-refractivity contribution in [3.05, 3.63) is 41.5 Å². The van der Waals surface area contributed by atoms with E-state index >= 15 is 0 Å². The second-order valence-electron chi connectivity index (χ2n) is 4.24. The fourth-order valence-corrected chi connectivity index (χ4v) is 2.23. The van der Waals surface area contributed by atoms with Crippen molar-refractivity contribution in [3.8, 4) is 11.5 Å². The third kappa shape index (κ3) is 3.66. The van der Waals surface area contributed by atoms with Gasteiger partial charge in [0.1, 0.15) is 16.5 Å². The molecule has 1 aromatic heterocycles. The summed E-state index contributed by atoms with van der Waals surface area (Å²) in [7, 11) is -2.53. The van der Waals surface area contributed by atoms with Gasteiger partial charge >= 0.3 is 5.97 Å². The third-order valence-corrected chi connectivity index (χ3v) is 3.43. The molecule has 0 fully saturated rings. The minimum atomic E-state index is -2.53. The highest BCUT2D eigenvalue weighted by atomic mass is 32.2. The summed E-state index contributed by atoms with van der Waals surface area (Å²) in [6, 6.07) is 5.70. The lowest BCUT2D eigenvalue weighted by molar-refractivity contribution is 0.0661. The molecule has 6 nitrogen and oxygen atoms in total. The number of hydrogen-bond acceptors (Lipinski definition) is 5. The molecule has 0 radical (unpaired) electrons. The van der Waals surface area contributed by atoms with Gasteiger partial charge in [-0.15, -0.1) is 0 Å². The van der Waals surface area contributed by atoms with Gasteiger partial charge in [0.15, 0.2) is 0 Å². The van der Waals surface area contributed by atoms with E-state index in [9.17, 15) is 17.6 Å². The molecule has 8 heteroatoms. The summed E-state index contributed by atoms with van der Waals surface area (Å²) in [6.07, 6.45) is 0.352. The quantitative estimate of drug-likeness (QED) is 0.788. The maximum absolute atomic E-state index is 13.6. The molecule has 0 saturated carbocycles. The van der Waals surface area contributed by atoms with Crippen LogP contribution in [-0.2, 0) is 17.1 Å². The van der Waals surface area contributed by atoms with E-state index in [2.05, 4.69) is 4.98 Å². The molecule has 1 N–H and O–H groups in total. The number of oxazole rings is 1. The van der Waals surface area contributed by atoms with E-state index in [0.717, 1.165) is 0 Å². The minimum Gasteiger partial charge on any atom is -0.475 e. The van der Waals surface area contributed by atoms with E-state index in [1.54, 1.807) is 6.07 Å². The molecular weight excluding hydrogens is 301 g/mol. The van der Waals surface area contributed by atoms with E-state index in [-0.39, 0.29) is 35.7 Å². The van der Waals surface area contributed by atoms with Crippen LogP contribution in [0.3, 0.4) is 0 Å². The molecular formula is C13H12FNO5S. The first-order chi connectivity index (χ1) is 9.99. The summed E-state index contributed by atoms with van der Waals surface area (Å²) < 4.78 is 39.8. The molecule has 0 aliphatic carbocycles. The first kappa shape index (κ1) is 15.2. The Morgan fingerprint density at radius 3 is 2.67 bits per heavy atom. The normalized spacial score (nSPS) is 11.0. The van der Waals surface area contributed by atoms with E-state index in [4.69, 9.17) is 9.52 Å². The van der Waals surface area contributed by atoms with Crippen LogP contribution in [-0.4, -0.2) is 30.2 Å². The van der Waals surface area contributed by atoms with Gasteiger partial charge in [-0.25, -0.2) is 22.6 Å². The molecule has 0 unspecified atom stereocenters. The summed E-state index contributed by atoms with van der Waals surface area (Å²) in [5.74, 6) is -2.51. The summed E-state index contributed by atoms with van der Waals surface area (Å²) in [5, 5.41) is 9.06. The number of halogens is 1. The number of thiol groups is 1. The number of rotatable bonds is 6. The number of aromatic carboxylic acids is 1. The highest BCUT2D eigenvalue weighted by Gasteiger charge is 2.21. The lowest BCUT2D eigenvalue weighted by Gasteiger charge is -1.95. The topological polar surface area (TPSA) is 97.5 Å². The van der Waals surface area contributed by atoms with Gasteiger partial charge in [-0.3, -0.25) is 0 Å². The average Bonchev–Trinajstić information content (AvgIpc) is 2.83. The van der Waals surface area contributed by atoms with Crippen molar-refractivity contribution in [2.24, 2.45) is 0 Å². The molecule has 0 aliphatic rings. The van der Waals surface area contributed by atoms with Gasteiger partial charge in [-0.05, 0) is 25.0 Å². The first-order valence-corrected chi connectivity index (χ1v) is 7.45. The van der Waals surface area contributed by atoms with Crippen molar-refractivity contribution in [1.29, 1.82) is 0 Å². The van der Waals surface area contributed by atoms with Gasteiger partial charge in [0.2, 0.25) is 11.7 Å². The fraction of sp³-hybridized carbons (Fsp3) is 0.231. The Morgan fingerprint density at radius 2 is 2.05 bits per heavy atom. The van der Waals surface area contributed by atoms with Crippen molar-refractivity contribution in [1.82, 2.24) is 4.98 Å². The van der Waals surface area contributed by atoms with Crippen LogP contribution >= 0.6 is 0 Å².